The van der Waals surface area contributed by atoms with Gasteiger partial charge in [0.15, 0.2) is 11.5 Å². The van der Waals surface area contributed by atoms with E-state index >= 15 is 0 Å². The Hall–Kier alpha value is -3.31. The van der Waals surface area contributed by atoms with Crippen LogP contribution in [0.1, 0.15) is 62.9 Å². The van der Waals surface area contributed by atoms with E-state index in [1.165, 1.54) is 11.1 Å². The van der Waals surface area contributed by atoms with Crippen LogP contribution in [-0.2, 0) is 16.1 Å². The normalized spacial score (nSPS) is 14.6. The molecule has 0 unspecified atom stereocenters. The molecule has 4 rings (SSSR count). The number of hydrogen-bond donors (Lipinski definition) is 0. The maximum absolute atomic E-state index is 13.1. The molecule has 0 aliphatic carbocycles. The molecular formula is C29H33NO4. The highest BCUT2D eigenvalue weighted by atomic mass is 16.7. The van der Waals surface area contributed by atoms with Gasteiger partial charge in [0.1, 0.15) is 5.60 Å². The second kappa shape index (κ2) is 10.3. The fourth-order valence-electron chi connectivity index (χ4n) is 4.32. The first-order valence-electron chi connectivity index (χ1n) is 11.8. The Kier molecular flexibility index (Phi) is 7.23. The van der Waals surface area contributed by atoms with Crippen LogP contribution in [0, 0.1) is 0 Å². The number of hydrogen-bond acceptors (Lipinski definition) is 5. The third-order valence-electron chi connectivity index (χ3n) is 5.95. The Morgan fingerprint density at radius 3 is 2.24 bits per heavy atom. The van der Waals surface area contributed by atoms with E-state index in [0.29, 0.717) is 12.3 Å². The van der Waals surface area contributed by atoms with E-state index in [9.17, 15) is 4.79 Å². The molecule has 1 heterocycles. The molecule has 0 N–H and O–H groups in total. The van der Waals surface area contributed by atoms with Gasteiger partial charge in [-0.25, -0.2) is 0 Å². The fraction of sp³-hybridized carbons (Fsp3) is 0.345. The predicted molar refractivity (Wildman–Crippen MR) is 133 cm³/mol. The average Bonchev–Trinajstić information content (AvgIpc) is 3.29. The number of carbonyl (C=O) groups excluding carboxylic acids is 1. The van der Waals surface area contributed by atoms with Gasteiger partial charge in [0.2, 0.25) is 6.79 Å². The first kappa shape index (κ1) is 23.8. The summed E-state index contributed by atoms with van der Waals surface area (Å²) in [4.78, 5) is 15.5. The van der Waals surface area contributed by atoms with Crippen molar-refractivity contribution in [2.45, 2.75) is 58.3 Å². The van der Waals surface area contributed by atoms with E-state index in [1.807, 2.05) is 63.2 Å². The van der Waals surface area contributed by atoms with Crippen molar-refractivity contribution in [3.8, 4) is 11.5 Å². The Bertz CT molecular complexity index is 1090. The van der Waals surface area contributed by atoms with Crippen LogP contribution in [0.25, 0.3) is 0 Å². The van der Waals surface area contributed by atoms with Crippen LogP contribution < -0.4 is 9.47 Å². The molecule has 3 aromatic rings. The lowest BCUT2D eigenvalue weighted by Gasteiger charge is -2.37. The van der Waals surface area contributed by atoms with Crippen molar-refractivity contribution in [3.63, 3.8) is 0 Å². The van der Waals surface area contributed by atoms with Gasteiger partial charge in [0.05, 0.1) is 6.42 Å². The van der Waals surface area contributed by atoms with E-state index < -0.39 is 5.60 Å². The first-order valence-corrected chi connectivity index (χ1v) is 11.8. The molecule has 178 valence electrons. The van der Waals surface area contributed by atoms with Crippen molar-refractivity contribution in [1.82, 2.24) is 4.90 Å². The number of fused-ring (bicyclic) bond motifs is 1. The minimum absolute atomic E-state index is 0.0549. The smallest absolute Gasteiger partial charge is 0.308 e. The maximum Gasteiger partial charge on any atom is 0.308 e. The summed E-state index contributed by atoms with van der Waals surface area (Å²) in [6.07, 6.45) is 0.223. The molecule has 5 heteroatoms. The number of nitrogens with zero attached hydrogens (tertiary/aromatic N) is 1. The van der Waals surface area contributed by atoms with Crippen LogP contribution in [0.5, 0.6) is 11.5 Å². The van der Waals surface area contributed by atoms with Crippen molar-refractivity contribution >= 4 is 5.97 Å². The highest BCUT2D eigenvalue weighted by Gasteiger charge is 2.31. The second-order valence-electron chi connectivity index (χ2n) is 9.66. The molecule has 0 saturated carbocycles. The minimum Gasteiger partial charge on any atom is -0.460 e. The van der Waals surface area contributed by atoms with Gasteiger partial charge in [-0.2, -0.15) is 0 Å². The van der Waals surface area contributed by atoms with E-state index in [-0.39, 0.29) is 31.3 Å². The van der Waals surface area contributed by atoms with Gasteiger partial charge in [-0.05, 0) is 56.5 Å². The zero-order valence-electron chi connectivity index (χ0n) is 20.4. The van der Waals surface area contributed by atoms with Crippen LogP contribution in [0.15, 0.2) is 78.9 Å². The zero-order chi connectivity index (χ0) is 24.1. The molecule has 0 saturated heterocycles. The zero-order valence-corrected chi connectivity index (χ0v) is 20.4. The van der Waals surface area contributed by atoms with E-state index in [1.54, 1.807) is 0 Å². The highest BCUT2D eigenvalue weighted by Crippen LogP contribution is 2.40. The third-order valence-corrected chi connectivity index (χ3v) is 5.95. The Morgan fingerprint density at radius 1 is 0.912 bits per heavy atom. The molecular weight excluding hydrogens is 426 g/mol. The molecule has 1 aliphatic rings. The Labute approximate surface area is 202 Å². The van der Waals surface area contributed by atoms with Gasteiger partial charge in [0.25, 0.3) is 0 Å². The van der Waals surface area contributed by atoms with Crippen molar-refractivity contribution in [2.24, 2.45) is 0 Å². The predicted octanol–water partition coefficient (Wildman–Crippen LogP) is 6.45. The summed E-state index contributed by atoms with van der Waals surface area (Å²) in [5.41, 5.74) is 2.81. The summed E-state index contributed by atoms with van der Waals surface area (Å²) in [7, 11) is 0. The van der Waals surface area contributed by atoms with E-state index in [4.69, 9.17) is 14.2 Å². The molecule has 5 nitrogen and oxygen atoms in total. The molecule has 0 spiro atoms. The number of benzene rings is 3. The minimum atomic E-state index is -0.550. The average molecular weight is 460 g/mol. The Balaban J connectivity index is 1.75. The standard InChI is InChI=1S/C29H33NO4/c1-21(23-13-9-6-10-14-23)30(19-22-11-7-5-8-12-22)25(18-28(31)34-29(2,3)4)24-15-16-26-27(17-24)33-20-32-26/h5-17,21,25H,18-20H2,1-4H3/t21-,25-/m1/s1. The molecule has 0 aromatic heterocycles. The monoisotopic (exact) mass is 459 g/mol. The molecule has 0 bridgehead atoms. The molecule has 0 radical (unpaired) electrons. The molecule has 0 amide bonds. The van der Waals surface area contributed by atoms with Gasteiger partial charge in [0, 0.05) is 18.6 Å². The van der Waals surface area contributed by atoms with Gasteiger partial charge in [-0.3, -0.25) is 9.69 Å². The summed E-state index contributed by atoms with van der Waals surface area (Å²) >= 11 is 0. The van der Waals surface area contributed by atoms with Gasteiger partial charge < -0.3 is 14.2 Å². The van der Waals surface area contributed by atoms with Crippen molar-refractivity contribution in [3.05, 3.63) is 95.6 Å². The lowest BCUT2D eigenvalue weighted by molar-refractivity contribution is -0.156. The lowest BCUT2D eigenvalue weighted by Crippen LogP contribution is -2.34. The van der Waals surface area contributed by atoms with E-state index in [2.05, 4.69) is 48.2 Å². The van der Waals surface area contributed by atoms with Gasteiger partial charge in [-0.15, -0.1) is 0 Å². The highest BCUT2D eigenvalue weighted by molar-refractivity contribution is 5.71. The van der Waals surface area contributed by atoms with Crippen molar-refractivity contribution < 1.29 is 19.0 Å². The van der Waals surface area contributed by atoms with Crippen LogP contribution in [0.3, 0.4) is 0 Å². The lowest BCUT2D eigenvalue weighted by atomic mass is 9.96. The third kappa shape index (κ3) is 5.97. The first-order chi connectivity index (χ1) is 16.3. The number of ether oxygens (including phenoxy) is 3. The number of carbonyl (C=O) groups is 1. The van der Waals surface area contributed by atoms with Crippen LogP contribution in [0.4, 0.5) is 0 Å². The maximum atomic E-state index is 13.1. The summed E-state index contributed by atoms with van der Waals surface area (Å²) < 4.78 is 16.9. The number of rotatable bonds is 8. The van der Waals surface area contributed by atoms with Crippen LogP contribution in [-0.4, -0.2) is 23.3 Å². The molecule has 1 aliphatic heterocycles. The summed E-state index contributed by atoms with van der Waals surface area (Å²) in [5.74, 6) is 1.21. The van der Waals surface area contributed by atoms with Crippen LogP contribution in [0.2, 0.25) is 0 Å². The van der Waals surface area contributed by atoms with Gasteiger partial charge >= 0.3 is 5.97 Å². The van der Waals surface area contributed by atoms with Crippen molar-refractivity contribution in [1.29, 1.82) is 0 Å². The van der Waals surface area contributed by atoms with Crippen molar-refractivity contribution in [2.75, 3.05) is 6.79 Å². The summed E-state index contributed by atoms with van der Waals surface area (Å²) in [6.45, 7) is 8.77. The second-order valence-corrected chi connectivity index (χ2v) is 9.66. The summed E-state index contributed by atoms with van der Waals surface area (Å²) in [6, 6.07) is 26.5. The van der Waals surface area contributed by atoms with E-state index in [0.717, 1.165) is 11.3 Å². The molecule has 34 heavy (non-hydrogen) atoms. The Morgan fingerprint density at radius 2 is 1.56 bits per heavy atom. The van der Waals surface area contributed by atoms with Gasteiger partial charge in [-0.1, -0.05) is 66.7 Å². The fourth-order valence-corrected chi connectivity index (χ4v) is 4.32. The molecule has 0 fully saturated rings. The summed E-state index contributed by atoms with van der Waals surface area (Å²) in [5, 5.41) is 0. The largest absolute Gasteiger partial charge is 0.460 e. The quantitative estimate of drug-likeness (QED) is 0.362. The SMILES string of the molecule is C[C@H](c1ccccc1)N(Cc1ccccc1)[C@H](CC(=O)OC(C)(C)C)c1ccc2c(c1)OCO2. The number of esters is 1. The van der Waals surface area contributed by atoms with Crippen LogP contribution >= 0.6 is 0 Å². The molecule has 3 aromatic carbocycles. The molecule has 2 atom stereocenters. The topological polar surface area (TPSA) is 48.0 Å².